The quantitative estimate of drug-likeness (QED) is 0.428. The van der Waals surface area contributed by atoms with Crippen LogP contribution in [0.5, 0.6) is 0 Å². The molecule has 0 fully saturated rings. The molecule has 0 heterocycles. The maximum Gasteiger partial charge on any atom is 0.337 e. The normalized spacial score (nSPS) is 11.1. The number of carbonyl (C=O) groups is 1. The Bertz CT molecular complexity index is 355. The second-order valence-corrected chi connectivity index (χ2v) is 2.68. The lowest BCUT2D eigenvalue weighted by molar-refractivity contribution is 0.0601. The molecule has 1 rings (SSSR count). The van der Waals surface area contributed by atoms with Gasteiger partial charge in [0.05, 0.1) is 12.7 Å². The summed E-state index contributed by atoms with van der Waals surface area (Å²) < 4.78 is 4.56. The van der Waals surface area contributed by atoms with Gasteiger partial charge in [-0.2, -0.15) is 0 Å². The Labute approximate surface area is 82.4 Å². The standard InChI is InChI=1S/C10H12N2O2/c1-12-9(11)7-3-5-8(6-4-7)10(13)14-2/h3-6H,1-2H3,(H2,11,12). The van der Waals surface area contributed by atoms with Gasteiger partial charge in [-0.1, -0.05) is 12.1 Å². The van der Waals surface area contributed by atoms with Gasteiger partial charge in [0.2, 0.25) is 0 Å². The van der Waals surface area contributed by atoms with E-state index in [-0.39, 0.29) is 5.97 Å². The van der Waals surface area contributed by atoms with Crippen LogP contribution in [-0.4, -0.2) is 26.0 Å². The van der Waals surface area contributed by atoms with Gasteiger partial charge < -0.3 is 10.5 Å². The average molecular weight is 192 g/mol. The van der Waals surface area contributed by atoms with E-state index in [1.54, 1.807) is 31.3 Å². The van der Waals surface area contributed by atoms with Crippen LogP contribution >= 0.6 is 0 Å². The molecule has 0 bridgehead atoms. The molecule has 1 aromatic carbocycles. The maximum absolute atomic E-state index is 11.1. The van der Waals surface area contributed by atoms with Crippen LogP contribution in [0.15, 0.2) is 29.3 Å². The summed E-state index contributed by atoms with van der Waals surface area (Å²) in [5, 5.41) is 0. The van der Waals surface area contributed by atoms with E-state index in [9.17, 15) is 4.79 Å². The van der Waals surface area contributed by atoms with Crippen molar-refractivity contribution in [2.45, 2.75) is 0 Å². The van der Waals surface area contributed by atoms with E-state index in [1.165, 1.54) is 7.11 Å². The molecule has 0 unspecified atom stereocenters. The molecule has 0 saturated heterocycles. The van der Waals surface area contributed by atoms with Crippen LogP contribution in [-0.2, 0) is 4.74 Å². The Kier molecular flexibility index (Phi) is 3.23. The van der Waals surface area contributed by atoms with Crippen LogP contribution in [0, 0.1) is 0 Å². The van der Waals surface area contributed by atoms with Gasteiger partial charge in [-0.15, -0.1) is 0 Å². The lowest BCUT2D eigenvalue weighted by Crippen LogP contribution is -2.13. The van der Waals surface area contributed by atoms with Crippen molar-refractivity contribution in [1.29, 1.82) is 0 Å². The second-order valence-electron chi connectivity index (χ2n) is 2.68. The molecular weight excluding hydrogens is 180 g/mol. The first kappa shape index (κ1) is 10.2. The minimum atomic E-state index is -0.358. The Hall–Kier alpha value is -1.84. The minimum absolute atomic E-state index is 0.358. The molecule has 74 valence electrons. The van der Waals surface area contributed by atoms with E-state index >= 15 is 0 Å². The van der Waals surface area contributed by atoms with Crippen molar-refractivity contribution in [3.63, 3.8) is 0 Å². The van der Waals surface area contributed by atoms with Gasteiger partial charge in [-0.3, -0.25) is 4.99 Å². The highest BCUT2D eigenvalue weighted by atomic mass is 16.5. The zero-order chi connectivity index (χ0) is 10.6. The van der Waals surface area contributed by atoms with Crippen molar-refractivity contribution in [1.82, 2.24) is 0 Å². The first-order valence-electron chi connectivity index (χ1n) is 4.10. The zero-order valence-electron chi connectivity index (χ0n) is 8.15. The molecule has 0 saturated carbocycles. The Morgan fingerprint density at radius 3 is 2.21 bits per heavy atom. The van der Waals surface area contributed by atoms with E-state index in [2.05, 4.69) is 9.73 Å². The molecule has 0 aliphatic heterocycles. The van der Waals surface area contributed by atoms with E-state index in [4.69, 9.17) is 5.73 Å². The van der Waals surface area contributed by atoms with Gasteiger partial charge >= 0.3 is 5.97 Å². The van der Waals surface area contributed by atoms with Crippen LogP contribution in [0.4, 0.5) is 0 Å². The van der Waals surface area contributed by atoms with Crippen LogP contribution in [0.2, 0.25) is 0 Å². The molecule has 0 amide bonds. The summed E-state index contributed by atoms with van der Waals surface area (Å²) in [6.07, 6.45) is 0. The summed E-state index contributed by atoms with van der Waals surface area (Å²) in [5.74, 6) is 0.0879. The maximum atomic E-state index is 11.1. The fourth-order valence-corrected chi connectivity index (χ4v) is 1.02. The van der Waals surface area contributed by atoms with Gasteiger partial charge in [-0.25, -0.2) is 4.79 Å². The first-order chi connectivity index (χ1) is 6.69. The lowest BCUT2D eigenvalue weighted by atomic mass is 10.1. The number of ether oxygens (including phenoxy) is 1. The number of methoxy groups -OCH3 is 1. The highest BCUT2D eigenvalue weighted by molar-refractivity contribution is 5.98. The summed E-state index contributed by atoms with van der Waals surface area (Å²) >= 11 is 0. The smallest absolute Gasteiger partial charge is 0.337 e. The minimum Gasteiger partial charge on any atom is -0.465 e. The largest absolute Gasteiger partial charge is 0.465 e. The molecule has 0 spiro atoms. The molecule has 4 nitrogen and oxygen atoms in total. The number of esters is 1. The van der Waals surface area contributed by atoms with E-state index < -0.39 is 0 Å². The predicted molar refractivity (Wildman–Crippen MR) is 54.4 cm³/mol. The van der Waals surface area contributed by atoms with Gasteiger partial charge in [0.25, 0.3) is 0 Å². The molecule has 1 aromatic rings. The van der Waals surface area contributed by atoms with Gasteiger partial charge in [0.1, 0.15) is 5.84 Å². The van der Waals surface area contributed by atoms with E-state index in [0.717, 1.165) is 5.56 Å². The van der Waals surface area contributed by atoms with Gasteiger partial charge in [0.15, 0.2) is 0 Å². The van der Waals surface area contributed by atoms with E-state index in [1.807, 2.05) is 0 Å². The Morgan fingerprint density at radius 2 is 1.79 bits per heavy atom. The van der Waals surface area contributed by atoms with Crippen LogP contribution in [0.3, 0.4) is 0 Å². The summed E-state index contributed by atoms with van der Waals surface area (Å²) in [4.78, 5) is 14.9. The number of benzene rings is 1. The highest BCUT2D eigenvalue weighted by Crippen LogP contribution is 2.05. The number of aliphatic imine (C=N–C) groups is 1. The highest BCUT2D eigenvalue weighted by Gasteiger charge is 2.04. The molecule has 0 aromatic heterocycles. The molecule has 4 heteroatoms. The summed E-state index contributed by atoms with van der Waals surface area (Å²) in [6, 6.07) is 6.77. The SMILES string of the molecule is CN=C(N)c1ccc(C(=O)OC)cc1. The van der Waals surface area contributed by atoms with Crippen molar-refractivity contribution >= 4 is 11.8 Å². The number of amidine groups is 1. The van der Waals surface area contributed by atoms with Crippen molar-refractivity contribution in [3.05, 3.63) is 35.4 Å². The Morgan fingerprint density at radius 1 is 1.29 bits per heavy atom. The zero-order valence-corrected chi connectivity index (χ0v) is 8.15. The van der Waals surface area contributed by atoms with Crippen LogP contribution in [0.1, 0.15) is 15.9 Å². The van der Waals surface area contributed by atoms with Crippen molar-refractivity contribution < 1.29 is 9.53 Å². The third kappa shape index (κ3) is 2.10. The van der Waals surface area contributed by atoms with Crippen molar-refractivity contribution in [2.75, 3.05) is 14.2 Å². The third-order valence-electron chi connectivity index (χ3n) is 1.84. The lowest BCUT2D eigenvalue weighted by Gasteiger charge is -2.01. The van der Waals surface area contributed by atoms with Crippen molar-refractivity contribution in [3.8, 4) is 0 Å². The summed E-state index contributed by atoms with van der Waals surface area (Å²) in [7, 11) is 2.96. The topological polar surface area (TPSA) is 64.7 Å². The average Bonchev–Trinajstić information content (AvgIpc) is 2.27. The van der Waals surface area contributed by atoms with Gasteiger partial charge in [0, 0.05) is 12.6 Å². The fourth-order valence-electron chi connectivity index (χ4n) is 1.02. The number of nitrogens with zero attached hydrogens (tertiary/aromatic N) is 1. The summed E-state index contributed by atoms with van der Waals surface area (Å²) in [6.45, 7) is 0. The number of rotatable bonds is 2. The summed E-state index contributed by atoms with van der Waals surface area (Å²) in [5.41, 5.74) is 6.88. The van der Waals surface area contributed by atoms with Crippen molar-refractivity contribution in [2.24, 2.45) is 10.7 Å². The molecule has 0 aliphatic carbocycles. The Balaban J connectivity index is 2.95. The monoisotopic (exact) mass is 192 g/mol. The molecule has 0 atom stereocenters. The number of carbonyl (C=O) groups excluding carboxylic acids is 1. The van der Waals surface area contributed by atoms with Crippen LogP contribution in [0.25, 0.3) is 0 Å². The number of nitrogens with two attached hydrogens (primary N) is 1. The number of hydrogen-bond acceptors (Lipinski definition) is 3. The fraction of sp³-hybridized carbons (Fsp3) is 0.200. The predicted octanol–water partition coefficient (Wildman–Crippen LogP) is 0.808. The molecule has 2 N–H and O–H groups in total. The molecule has 0 aliphatic rings. The van der Waals surface area contributed by atoms with Gasteiger partial charge in [-0.05, 0) is 12.1 Å². The van der Waals surface area contributed by atoms with E-state index in [0.29, 0.717) is 11.4 Å². The molecular formula is C10H12N2O2. The number of hydrogen-bond donors (Lipinski definition) is 1. The third-order valence-corrected chi connectivity index (χ3v) is 1.84. The molecule has 0 radical (unpaired) electrons. The molecule has 14 heavy (non-hydrogen) atoms. The van der Waals surface area contributed by atoms with Crippen LogP contribution < -0.4 is 5.73 Å². The first-order valence-corrected chi connectivity index (χ1v) is 4.10. The second kappa shape index (κ2) is 4.41.